The molecule has 0 bridgehead atoms. The highest BCUT2D eigenvalue weighted by molar-refractivity contribution is 5.96. The lowest BCUT2D eigenvalue weighted by molar-refractivity contribution is 0.819. The molecule has 0 aliphatic heterocycles. The quantitative estimate of drug-likeness (QED) is 0.609. The zero-order chi connectivity index (χ0) is 12.8. The Labute approximate surface area is 108 Å². The molecule has 0 atom stereocenters. The number of nitrogens with one attached hydrogen (secondary N) is 1. The number of nitrogens with two attached hydrogens (primary N) is 1. The van der Waals surface area contributed by atoms with Crippen LogP contribution in [-0.4, -0.2) is 5.84 Å². The molecule has 2 rings (SSSR count). The molecule has 0 fully saturated rings. The Balaban J connectivity index is 1.97. The first-order valence-electron chi connectivity index (χ1n) is 6.14. The summed E-state index contributed by atoms with van der Waals surface area (Å²) in [6.45, 7) is 0. The van der Waals surface area contributed by atoms with Gasteiger partial charge in [-0.25, -0.2) is 0 Å². The molecule has 18 heavy (non-hydrogen) atoms. The SMILES string of the molecule is N=C(N)c1cc[c]cc1CCCc1ccccc1. The van der Waals surface area contributed by atoms with E-state index in [4.69, 9.17) is 11.1 Å². The van der Waals surface area contributed by atoms with Gasteiger partial charge in [-0.15, -0.1) is 0 Å². The lowest BCUT2D eigenvalue weighted by Crippen LogP contribution is -2.13. The van der Waals surface area contributed by atoms with E-state index in [0.29, 0.717) is 0 Å². The van der Waals surface area contributed by atoms with Crippen molar-refractivity contribution in [2.45, 2.75) is 19.3 Å². The zero-order valence-corrected chi connectivity index (χ0v) is 10.3. The van der Waals surface area contributed by atoms with Gasteiger partial charge in [-0.2, -0.15) is 0 Å². The molecule has 0 spiro atoms. The maximum Gasteiger partial charge on any atom is 0.123 e. The number of aryl methyl sites for hydroxylation is 2. The lowest BCUT2D eigenvalue weighted by atomic mass is 9.99. The van der Waals surface area contributed by atoms with Crippen molar-refractivity contribution in [3.05, 3.63) is 71.3 Å². The number of hydrogen-bond donors (Lipinski definition) is 2. The highest BCUT2D eigenvalue weighted by Gasteiger charge is 2.04. The lowest BCUT2D eigenvalue weighted by Gasteiger charge is -2.07. The maximum atomic E-state index is 7.54. The molecular weight excluding hydrogens is 220 g/mol. The Bertz CT molecular complexity index is 518. The van der Waals surface area contributed by atoms with Crippen LogP contribution < -0.4 is 5.73 Å². The third-order valence-corrected chi connectivity index (χ3v) is 2.99. The van der Waals surface area contributed by atoms with Gasteiger partial charge in [-0.3, -0.25) is 5.41 Å². The van der Waals surface area contributed by atoms with Gasteiger partial charge in [-0.05, 0) is 36.5 Å². The van der Waals surface area contributed by atoms with Gasteiger partial charge >= 0.3 is 0 Å². The summed E-state index contributed by atoms with van der Waals surface area (Å²) in [5.41, 5.74) is 8.86. The molecule has 0 heterocycles. The normalized spacial score (nSPS) is 10.2. The highest BCUT2D eigenvalue weighted by Crippen LogP contribution is 2.12. The predicted molar refractivity (Wildman–Crippen MR) is 74.8 cm³/mol. The van der Waals surface area contributed by atoms with Crippen LogP contribution in [0.4, 0.5) is 0 Å². The summed E-state index contributed by atoms with van der Waals surface area (Å²) >= 11 is 0. The van der Waals surface area contributed by atoms with Gasteiger partial charge in [-0.1, -0.05) is 48.5 Å². The van der Waals surface area contributed by atoms with Crippen LogP contribution in [0.3, 0.4) is 0 Å². The minimum absolute atomic E-state index is 0.138. The number of amidine groups is 1. The largest absolute Gasteiger partial charge is 0.384 e. The number of hydrogen-bond acceptors (Lipinski definition) is 1. The van der Waals surface area contributed by atoms with Gasteiger partial charge in [0.05, 0.1) is 0 Å². The van der Waals surface area contributed by atoms with E-state index in [-0.39, 0.29) is 5.84 Å². The molecule has 2 heteroatoms. The van der Waals surface area contributed by atoms with E-state index >= 15 is 0 Å². The van der Waals surface area contributed by atoms with Crippen molar-refractivity contribution in [2.75, 3.05) is 0 Å². The average molecular weight is 237 g/mol. The van der Waals surface area contributed by atoms with Crippen molar-refractivity contribution in [1.29, 1.82) is 5.41 Å². The third-order valence-electron chi connectivity index (χ3n) is 2.99. The van der Waals surface area contributed by atoms with Gasteiger partial charge in [0.2, 0.25) is 0 Å². The molecule has 0 unspecified atom stereocenters. The first-order valence-corrected chi connectivity index (χ1v) is 6.14. The molecule has 2 nitrogen and oxygen atoms in total. The summed E-state index contributed by atoms with van der Waals surface area (Å²) in [7, 11) is 0. The molecular formula is C16H17N2. The molecule has 0 aliphatic carbocycles. The Kier molecular flexibility index (Phi) is 4.13. The number of benzene rings is 2. The van der Waals surface area contributed by atoms with Crippen molar-refractivity contribution in [3.8, 4) is 0 Å². The highest BCUT2D eigenvalue weighted by atomic mass is 14.7. The molecule has 1 radical (unpaired) electrons. The smallest absolute Gasteiger partial charge is 0.123 e. The topological polar surface area (TPSA) is 49.9 Å². The summed E-state index contributed by atoms with van der Waals surface area (Å²) in [6, 6.07) is 19.1. The molecule has 91 valence electrons. The van der Waals surface area contributed by atoms with E-state index < -0.39 is 0 Å². The fourth-order valence-electron chi connectivity index (χ4n) is 2.06. The minimum atomic E-state index is 0.138. The first kappa shape index (κ1) is 12.4. The summed E-state index contributed by atoms with van der Waals surface area (Å²) < 4.78 is 0. The van der Waals surface area contributed by atoms with Gasteiger partial charge < -0.3 is 5.73 Å². The van der Waals surface area contributed by atoms with Crippen LogP contribution in [0.15, 0.2) is 48.5 Å². The van der Waals surface area contributed by atoms with E-state index in [1.165, 1.54) is 5.56 Å². The second-order valence-electron chi connectivity index (χ2n) is 4.34. The third kappa shape index (κ3) is 3.20. The molecule has 0 aliphatic rings. The number of rotatable bonds is 5. The zero-order valence-electron chi connectivity index (χ0n) is 10.3. The number of nitrogen functional groups attached to an aromatic ring is 1. The van der Waals surface area contributed by atoms with E-state index in [2.05, 4.69) is 30.3 Å². The molecule has 2 aromatic carbocycles. The summed E-state index contributed by atoms with van der Waals surface area (Å²) in [4.78, 5) is 0. The van der Waals surface area contributed by atoms with Gasteiger partial charge in [0, 0.05) is 5.56 Å². The van der Waals surface area contributed by atoms with Crippen molar-refractivity contribution < 1.29 is 0 Å². The molecule has 0 amide bonds. The van der Waals surface area contributed by atoms with Crippen LogP contribution in [0.25, 0.3) is 0 Å². The molecule has 0 saturated carbocycles. The van der Waals surface area contributed by atoms with Crippen LogP contribution in [0.5, 0.6) is 0 Å². The fraction of sp³-hybridized carbons (Fsp3) is 0.188. The second-order valence-corrected chi connectivity index (χ2v) is 4.34. The Morgan fingerprint density at radius 3 is 2.61 bits per heavy atom. The summed E-state index contributed by atoms with van der Waals surface area (Å²) in [5, 5.41) is 7.54. The monoisotopic (exact) mass is 237 g/mol. The predicted octanol–water partition coefficient (Wildman–Crippen LogP) is 2.95. The van der Waals surface area contributed by atoms with Crippen molar-refractivity contribution in [3.63, 3.8) is 0 Å². The van der Waals surface area contributed by atoms with E-state index in [1.54, 1.807) is 6.07 Å². The first-order chi connectivity index (χ1) is 8.77. The Morgan fingerprint density at radius 1 is 1.11 bits per heavy atom. The molecule has 0 saturated heterocycles. The Hall–Kier alpha value is -2.09. The average Bonchev–Trinajstić information content (AvgIpc) is 2.40. The van der Waals surface area contributed by atoms with Crippen LogP contribution in [-0.2, 0) is 12.8 Å². The van der Waals surface area contributed by atoms with E-state index in [1.807, 2.05) is 18.2 Å². The fourth-order valence-corrected chi connectivity index (χ4v) is 2.06. The molecule has 0 aromatic heterocycles. The summed E-state index contributed by atoms with van der Waals surface area (Å²) in [5.74, 6) is 0.138. The summed E-state index contributed by atoms with van der Waals surface area (Å²) in [6.07, 6.45) is 3.04. The van der Waals surface area contributed by atoms with E-state index in [0.717, 1.165) is 30.4 Å². The van der Waals surface area contributed by atoms with Gasteiger partial charge in [0.1, 0.15) is 5.84 Å². The Morgan fingerprint density at radius 2 is 1.89 bits per heavy atom. The van der Waals surface area contributed by atoms with E-state index in [9.17, 15) is 0 Å². The van der Waals surface area contributed by atoms with Gasteiger partial charge in [0.15, 0.2) is 0 Å². The van der Waals surface area contributed by atoms with Crippen molar-refractivity contribution >= 4 is 5.84 Å². The van der Waals surface area contributed by atoms with Crippen LogP contribution in [0.2, 0.25) is 0 Å². The molecule has 2 aromatic rings. The molecule has 3 N–H and O–H groups in total. The van der Waals surface area contributed by atoms with Gasteiger partial charge in [0.25, 0.3) is 0 Å². The van der Waals surface area contributed by atoms with Crippen LogP contribution in [0.1, 0.15) is 23.1 Å². The maximum absolute atomic E-state index is 7.54. The van der Waals surface area contributed by atoms with Crippen molar-refractivity contribution in [1.82, 2.24) is 0 Å². The minimum Gasteiger partial charge on any atom is -0.384 e. The van der Waals surface area contributed by atoms with Crippen LogP contribution >= 0.6 is 0 Å². The van der Waals surface area contributed by atoms with Crippen molar-refractivity contribution in [2.24, 2.45) is 5.73 Å². The van der Waals surface area contributed by atoms with Crippen LogP contribution in [0, 0.1) is 11.5 Å². The second kappa shape index (κ2) is 6.01. The standard InChI is InChI=1S/C16H17N2/c17-16(18)15-12-5-4-10-14(15)11-6-9-13-7-2-1-3-8-13/h1-3,5,7-8,10,12H,6,9,11H2,(H3,17,18).